The van der Waals surface area contributed by atoms with Gasteiger partial charge in [-0.15, -0.1) is 0 Å². The lowest BCUT2D eigenvalue weighted by Gasteiger charge is -2.18. The topological polar surface area (TPSA) is 113 Å². The standard InChI is InChI=1S/C24H27FN6O3/c25-17-7-21-19(27-11-17)3-4-24(34)31(21)6-5-30-13-16(22(33)14-30)9-26-12-23-28-10-15-1-2-18(32)8-20(15)29-23/h3-4,7,10-11,16,22,26,33H,1-2,5-6,8-9,12-14H2/t16-,22+/m0/s1. The van der Waals surface area contributed by atoms with Crippen molar-refractivity contribution < 1.29 is 14.3 Å². The quantitative estimate of drug-likeness (QED) is 0.517. The van der Waals surface area contributed by atoms with E-state index in [0.29, 0.717) is 75.4 Å². The molecule has 0 bridgehead atoms. The number of likely N-dealkylation sites (tertiary alicyclic amines) is 1. The van der Waals surface area contributed by atoms with Gasteiger partial charge in [0.1, 0.15) is 17.4 Å². The number of hydrogen-bond acceptors (Lipinski definition) is 8. The molecule has 2 N–H and O–H groups in total. The number of aryl methyl sites for hydroxylation is 1. The van der Waals surface area contributed by atoms with Gasteiger partial charge in [0.25, 0.3) is 5.56 Å². The number of aliphatic hydroxyl groups excluding tert-OH is 1. The van der Waals surface area contributed by atoms with Gasteiger partial charge in [0, 0.05) is 69.8 Å². The highest BCUT2D eigenvalue weighted by Gasteiger charge is 2.30. The molecule has 1 aliphatic carbocycles. The monoisotopic (exact) mass is 466 g/mol. The van der Waals surface area contributed by atoms with E-state index in [4.69, 9.17) is 0 Å². The first kappa shape index (κ1) is 22.7. The summed E-state index contributed by atoms with van der Waals surface area (Å²) >= 11 is 0. The Labute approximate surface area is 195 Å². The van der Waals surface area contributed by atoms with Crippen LogP contribution in [0.1, 0.15) is 23.5 Å². The molecule has 0 spiro atoms. The molecule has 4 heterocycles. The van der Waals surface area contributed by atoms with Gasteiger partial charge in [-0.3, -0.25) is 19.5 Å². The van der Waals surface area contributed by atoms with E-state index in [1.54, 1.807) is 6.07 Å². The Hall–Kier alpha value is -3.08. The minimum Gasteiger partial charge on any atom is -0.391 e. The Bertz CT molecular complexity index is 1280. The fourth-order valence-corrected chi connectivity index (χ4v) is 4.79. The highest BCUT2D eigenvalue weighted by molar-refractivity contribution is 5.82. The molecule has 178 valence electrons. The lowest BCUT2D eigenvalue weighted by molar-refractivity contribution is -0.118. The molecule has 2 aliphatic rings. The largest absolute Gasteiger partial charge is 0.391 e. The molecular formula is C24H27FN6O3. The summed E-state index contributed by atoms with van der Waals surface area (Å²) in [6.45, 7) is 3.20. The maximum absolute atomic E-state index is 13.7. The molecule has 1 aliphatic heterocycles. The molecule has 0 aromatic carbocycles. The van der Waals surface area contributed by atoms with Crippen molar-refractivity contribution in [2.24, 2.45) is 5.92 Å². The minimum atomic E-state index is -0.488. The van der Waals surface area contributed by atoms with Gasteiger partial charge in [0.15, 0.2) is 0 Å². The second kappa shape index (κ2) is 9.65. The molecule has 34 heavy (non-hydrogen) atoms. The average Bonchev–Trinajstić information content (AvgIpc) is 3.17. The number of aromatic nitrogens is 4. The summed E-state index contributed by atoms with van der Waals surface area (Å²) in [5, 5.41) is 13.8. The maximum atomic E-state index is 13.7. The first-order valence-corrected chi connectivity index (χ1v) is 11.6. The van der Waals surface area contributed by atoms with Gasteiger partial charge in [0.2, 0.25) is 0 Å². The first-order valence-electron chi connectivity index (χ1n) is 11.6. The van der Waals surface area contributed by atoms with Gasteiger partial charge in [0.05, 0.1) is 35.6 Å². The van der Waals surface area contributed by atoms with Crippen LogP contribution in [-0.4, -0.2) is 67.6 Å². The van der Waals surface area contributed by atoms with Gasteiger partial charge in [-0.1, -0.05) is 0 Å². The first-order chi connectivity index (χ1) is 16.5. The number of Topliss-reactive ketones (excluding diaryl/α,β-unsaturated/α-hetero) is 1. The minimum absolute atomic E-state index is 0.0301. The Morgan fingerprint density at radius 2 is 2.00 bits per heavy atom. The molecule has 5 rings (SSSR count). The number of ketones is 1. The summed E-state index contributed by atoms with van der Waals surface area (Å²) in [6.07, 6.45) is 4.12. The summed E-state index contributed by atoms with van der Waals surface area (Å²) in [4.78, 5) is 39.1. The summed E-state index contributed by atoms with van der Waals surface area (Å²) in [7, 11) is 0. The van der Waals surface area contributed by atoms with Crippen LogP contribution in [0.2, 0.25) is 0 Å². The molecule has 9 nitrogen and oxygen atoms in total. The normalized spacial score (nSPS) is 20.7. The molecule has 10 heteroatoms. The summed E-state index contributed by atoms with van der Waals surface area (Å²) < 4.78 is 15.2. The fourth-order valence-electron chi connectivity index (χ4n) is 4.79. The van der Waals surface area contributed by atoms with E-state index in [0.717, 1.165) is 17.5 Å². The molecule has 3 aromatic rings. The van der Waals surface area contributed by atoms with Crippen molar-refractivity contribution in [2.45, 2.75) is 38.5 Å². The predicted molar refractivity (Wildman–Crippen MR) is 123 cm³/mol. The zero-order valence-electron chi connectivity index (χ0n) is 18.8. The number of carbonyl (C=O) groups is 1. The number of nitrogens with one attached hydrogen (secondary N) is 1. The van der Waals surface area contributed by atoms with Crippen molar-refractivity contribution >= 4 is 16.8 Å². The van der Waals surface area contributed by atoms with Crippen molar-refractivity contribution in [2.75, 3.05) is 26.2 Å². The Morgan fingerprint density at radius 3 is 2.88 bits per heavy atom. The number of β-amino-alcohol motifs (C(OH)–C–C–N with tert-alkyl or cyclic N) is 1. The number of carbonyl (C=O) groups excluding carboxylic acids is 1. The van der Waals surface area contributed by atoms with E-state index in [1.165, 1.54) is 16.7 Å². The third-order valence-electron chi connectivity index (χ3n) is 6.66. The van der Waals surface area contributed by atoms with Crippen molar-refractivity contribution in [3.63, 3.8) is 0 Å². The van der Waals surface area contributed by atoms with Crippen LogP contribution in [0.15, 0.2) is 35.4 Å². The number of aliphatic hydroxyl groups is 1. The number of halogens is 1. The second-order valence-electron chi connectivity index (χ2n) is 9.07. The summed E-state index contributed by atoms with van der Waals surface area (Å²) in [5.74, 6) is 0.409. The Kier molecular flexibility index (Phi) is 6.44. The summed E-state index contributed by atoms with van der Waals surface area (Å²) in [5.41, 5.74) is 2.71. The molecule has 3 aromatic heterocycles. The number of fused-ring (bicyclic) bond motifs is 2. The molecule has 0 unspecified atom stereocenters. The van der Waals surface area contributed by atoms with Crippen LogP contribution in [0.25, 0.3) is 11.0 Å². The van der Waals surface area contributed by atoms with Gasteiger partial charge < -0.3 is 15.0 Å². The molecule has 0 amide bonds. The number of hydrogen-bond donors (Lipinski definition) is 2. The lowest BCUT2D eigenvalue weighted by atomic mass is 9.96. The third-order valence-corrected chi connectivity index (χ3v) is 6.66. The van der Waals surface area contributed by atoms with Gasteiger partial charge in [-0.25, -0.2) is 14.4 Å². The van der Waals surface area contributed by atoms with Crippen molar-refractivity contribution in [3.05, 3.63) is 63.8 Å². The number of pyridine rings is 2. The summed E-state index contributed by atoms with van der Waals surface area (Å²) in [6, 6.07) is 4.37. The van der Waals surface area contributed by atoms with E-state index in [2.05, 4.69) is 25.2 Å². The maximum Gasteiger partial charge on any atom is 0.251 e. The fraction of sp³-hybridized carbons (Fsp3) is 0.458. The van der Waals surface area contributed by atoms with Crippen LogP contribution >= 0.6 is 0 Å². The smallest absolute Gasteiger partial charge is 0.251 e. The van der Waals surface area contributed by atoms with E-state index < -0.39 is 11.9 Å². The van der Waals surface area contributed by atoms with E-state index in [1.807, 2.05) is 6.20 Å². The van der Waals surface area contributed by atoms with Gasteiger partial charge in [-0.2, -0.15) is 0 Å². The zero-order chi connectivity index (χ0) is 23.7. The molecule has 1 saturated heterocycles. The van der Waals surface area contributed by atoms with Crippen LogP contribution in [0, 0.1) is 11.7 Å². The average molecular weight is 467 g/mol. The highest BCUT2D eigenvalue weighted by Crippen LogP contribution is 2.18. The van der Waals surface area contributed by atoms with E-state index in [9.17, 15) is 19.1 Å². The highest BCUT2D eigenvalue weighted by atomic mass is 19.1. The SMILES string of the molecule is O=C1CCc2cnc(CNC[C@H]3CN(CCn4c(=O)ccc5ncc(F)cc54)C[C@H]3O)nc2C1. The number of rotatable bonds is 7. The lowest BCUT2D eigenvalue weighted by Crippen LogP contribution is -2.31. The number of nitrogens with zero attached hydrogens (tertiary/aromatic N) is 5. The van der Waals surface area contributed by atoms with Crippen molar-refractivity contribution in [1.82, 2.24) is 29.7 Å². The van der Waals surface area contributed by atoms with E-state index in [-0.39, 0.29) is 17.3 Å². The second-order valence-corrected chi connectivity index (χ2v) is 9.07. The molecule has 1 fully saturated rings. The van der Waals surface area contributed by atoms with Crippen LogP contribution in [0.5, 0.6) is 0 Å². The molecule has 0 saturated carbocycles. The predicted octanol–water partition coefficient (Wildman–Crippen LogP) is 0.466. The van der Waals surface area contributed by atoms with Crippen LogP contribution in [0.4, 0.5) is 4.39 Å². The Balaban J connectivity index is 1.15. The van der Waals surface area contributed by atoms with Crippen LogP contribution < -0.4 is 10.9 Å². The zero-order valence-corrected chi connectivity index (χ0v) is 18.8. The van der Waals surface area contributed by atoms with Crippen molar-refractivity contribution in [1.29, 1.82) is 0 Å². The van der Waals surface area contributed by atoms with Gasteiger partial charge in [-0.05, 0) is 18.1 Å². The molecule has 0 radical (unpaired) electrons. The van der Waals surface area contributed by atoms with Crippen LogP contribution in [0.3, 0.4) is 0 Å². The molecule has 2 atom stereocenters. The Morgan fingerprint density at radius 1 is 1.12 bits per heavy atom. The van der Waals surface area contributed by atoms with Crippen molar-refractivity contribution in [3.8, 4) is 0 Å². The van der Waals surface area contributed by atoms with Gasteiger partial charge >= 0.3 is 0 Å². The molecular weight excluding hydrogens is 439 g/mol. The third kappa shape index (κ3) is 4.89. The van der Waals surface area contributed by atoms with Crippen LogP contribution in [-0.2, 0) is 30.7 Å². The van der Waals surface area contributed by atoms with E-state index >= 15 is 0 Å².